The highest BCUT2D eigenvalue weighted by molar-refractivity contribution is 6.32. The van der Waals surface area contributed by atoms with Crippen LogP contribution in [0.25, 0.3) is 0 Å². The van der Waals surface area contributed by atoms with Gasteiger partial charge in [0.05, 0.1) is 11.2 Å². The number of hydrogen-bond donors (Lipinski definition) is 1. The quantitative estimate of drug-likeness (QED) is 0.786. The largest absolute Gasteiger partial charge is 0.484 e. The summed E-state index contributed by atoms with van der Waals surface area (Å²) in [4.78, 5) is 4.21. The molecule has 0 radical (unpaired) electrons. The number of para-hydroxylation sites is 1. The third kappa shape index (κ3) is 4.13. The molecular weight excluding hydrogens is 309 g/mol. The summed E-state index contributed by atoms with van der Waals surface area (Å²) in [6, 6.07) is 5.76. The Hall–Kier alpha value is -1.23. The van der Waals surface area contributed by atoms with Crippen molar-refractivity contribution in [1.82, 2.24) is 14.9 Å². The van der Waals surface area contributed by atoms with E-state index in [1.54, 1.807) is 10.8 Å². The van der Waals surface area contributed by atoms with Crippen LogP contribution in [0.3, 0.4) is 0 Å². The Morgan fingerprint density at radius 1 is 1.33 bits per heavy atom. The molecule has 0 atom stereocenters. The van der Waals surface area contributed by atoms with E-state index in [9.17, 15) is 0 Å². The van der Waals surface area contributed by atoms with Gasteiger partial charge in [-0.2, -0.15) is 0 Å². The SMILES string of the molecule is CCCNCc1cccc(Cl)c1OCc1ncc(Cl)n1C. The number of imidazole rings is 1. The van der Waals surface area contributed by atoms with Crippen molar-refractivity contribution in [2.75, 3.05) is 6.54 Å². The van der Waals surface area contributed by atoms with E-state index in [-0.39, 0.29) is 0 Å². The van der Waals surface area contributed by atoms with Crippen molar-refractivity contribution in [2.45, 2.75) is 26.5 Å². The van der Waals surface area contributed by atoms with Gasteiger partial charge in [0.25, 0.3) is 0 Å². The lowest BCUT2D eigenvalue weighted by atomic mass is 10.2. The fraction of sp³-hybridized carbons (Fsp3) is 0.400. The first kappa shape index (κ1) is 16.1. The van der Waals surface area contributed by atoms with Crippen molar-refractivity contribution in [3.63, 3.8) is 0 Å². The molecule has 114 valence electrons. The van der Waals surface area contributed by atoms with Gasteiger partial charge >= 0.3 is 0 Å². The molecule has 0 saturated carbocycles. The van der Waals surface area contributed by atoms with E-state index in [4.69, 9.17) is 27.9 Å². The smallest absolute Gasteiger partial charge is 0.147 e. The van der Waals surface area contributed by atoms with Gasteiger partial charge < -0.3 is 14.6 Å². The average Bonchev–Trinajstić information content (AvgIpc) is 2.78. The summed E-state index contributed by atoms with van der Waals surface area (Å²) >= 11 is 12.2. The molecule has 1 heterocycles. The molecule has 4 nitrogen and oxygen atoms in total. The maximum Gasteiger partial charge on any atom is 0.147 e. The summed E-state index contributed by atoms with van der Waals surface area (Å²) in [6.07, 6.45) is 2.69. The van der Waals surface area contributed by atoms with Crippen LogP contribution in [0, 0.1) is 0 Å². The highest BCUT2D eigenvalue weighted by Gasteiger charge is 2.11. The second-order valence-electron chi connectivity index (χ2n) is 4.75. The Morgan fingerprint density at radius 2 is 2.14 bits per heavy atom. The molecule has 0 bridgehead atoms. The standard InChI is InChI=1S/C15H19Cl2N3O/c1-3-7-18-8-11-5-4-6-12(16)15(11)21-10-14-19-9-13(17)20(14)2/h4-6,9,18H,3,7-8,10H2,1-2H3. The maximum absolute atomic E-state index is 6.25. The number of halogens is 2. The number of aromatic nitrogens is 2. The summed E-state index contributed by atoms with van der Waals surface area (Å²) in [5.41, 5.74) is 1.04. The second kappa shape index (κ2) is 7.69. The molecule has 0 aliphatic carbocycles. The Kier molecular flexibility index (Phi) is 5.91. The van der Waals surface area contributed by atoms with Crippen LogP contribution in [-0.4, -0.2) is 16.1 Å². The van der Waals surface area contributed by atoms with Gasteiger partial charge in [-0.1, -0.05) is 42.3 Å². The van der Waals surface area contributed by atoms with Crippen molar-refractivity contribution in [2.24, 2.45) is 7.05 Å². The molecule has 0 aliphatic heterocycles. The fourth-order valence-corrected chi connectivity index (χ4v) is 2.34. The van der Waals surface area contributed by atoms with E-state index < -0.39 is 0 Å². The van der Waals surface area contributed by atoms with E-state index in [1.165, 1.54) is 0 Å². The van der Waals surface area contributed by atoms with Gasteiger partial charge in [0.2, 0.25) is 0 Å². The van der Waals surface area contributed by atoms with Crippen LogP contribution in [0.2, 0.25) is 10.2 Å². The first-order chi connectivity index (χ1) is 10.1. The lowest BCUT2D eigenvalue weighted by molar-refractivity contribution is 0.288. The third-order valence-corrected chi connectivity index (χ3v) is 3.81. The van der Waals surface area contributed by atoms with Crippen LogP contribution < -0.4 is 10.1 Å². The zero-order valence-corrected chi connectivity index (χ0v) is 13.7. The topological polar surface area (TPSA) is 39.1 Å². The molecule has 0 saturated heterocycles. The van der Waals surface area contributed by atoms with Gasteiger partial charge in [-0.15, -0.1) is 0 Å². The maximum atomic E-state index is 6.25. The molecule has 1 aromatic heterocycles. The summed E-state index contributed by atoms with van der Waals surface area (Å²) in [6.45, 7) is 4.15. The normalized spacial score (nSPS) is 10.9. The number of hydrogen-bond acceptors (Lipinski definition) is 3. The molecule has 1 N–H and O–H groups in total. The number of nitrogens with zero attached hydrogens (tertiary/aromatic N) is 2. The van der Waals surface area contributed by atoms with Gasteiger partial charge in [-0.3, -0.25) is 0 Å². The molecule has 0 fully saturated rings. The zero-order chi connectivity index (χ0) is 15.2. The summed E-state index contributed by atoms with van der Waals surface area (Å²) < 4.78 is 7.65. The van der Waals surface area contributed by atoms with Crippen LogP contribution in [-0.2, 0) is 20.2 Å². The predicted octanol–water partition coefficient (Wildman–Crippen LogP) is 3.81. The number of benzene rings is 1. The molecule has 0 aliphatic rings. The monoisotopic (exact) mass is 327 g/mol. The molecule has 2 rings (SSSR count). The summed E-state index contributed by atoms with van der Waals surface area (Å²) in [5.74, 6) is 1.45. The molecule has 0 amide bonds. The molecule has 0 unspecified atom stereocenters. The van der Waals surface area contributed by atoms with Crippen molar-refractivity contribution >= 4 is 23.2 Å². The number of nitrogens with one attached hydrogen (secondary N) is 1. The summed E-state index contributed by atoms with van der Waals surface area (Å²) in [7, 11) is 1.85. The lowest BCUT2D eigenvalue weighted by Crippen LogP contribution is -2.15. The van der Waals surface area contributed by atoms with E-state index in [2.05, 4.69) is 17.2 Å². The first-order valence-corrected chi connectivity index (χ1v) is 7.66. The number of rotatable bonds is 7. The van der Waals surface area contributed by atoms with Crippen LogP contribution in [0.4, 0.5) is 0 Å². The van der Waals surface area contributed by atoms with Crippen molar-refractivity contribution in [3.05, 3.63) is 46.0 Å². The van der Waals surface area contributed by atoms with Gasteiger partial charge in [0.15, 0.2) is 0 Å². The minimum Gasteiger partial charge on any atom is -0.484 e. The number of ether oxygens (including phenoxy) is 1. The molecule has 1 aromatic carbocycles. The van der Waals surface area contributed by atoms with E-state index in [1.807, 2.05) is 25.2 Å². The van der Waals surface area contributed by atoms with Crippen molar-refractivity contribution in [3.8, 4) is 5.75 Å². The van der Waals surface area contributed by atoms with E-state index in [0.29, 0.717) is 22.5 Å². The Balaban J connectivity index is 2.09. The van der Waals surface area contributed by atoms with Crippen LogP contribution >= 0.6 is 23.2 Å². The minimum absolute atomic E-state index is 0.327. The van der Waals surface area contributed by atoms with Crippen LogP contribution in [0.5, 0.6) is 5.75 Å². The Bertz CT molecular complexity index is 599. The van der Waals surface area contributed by atoms with Crippen LogP contribution in [0.1, 0.15) is 24.7 Å². The second-order valence-corrected chi connectivity index (χ2v) is 5.54. The third-order valence-electron chi connectivity index (χ3n) is 3.16. The Labute approximate surface area is 135 Å². The predicted molar refractivity (Wildman–Crippen MR) is 86.0 cm³/mol. The Morgan fingerprint density at radius 3 is 2.81 bits per heavy atom. The first-order valence-electron chi connectivity index (χ1n) is 6.90. The molecule has 0 spiro atoms. The highest BCUT2D eigenvalue weighted by atomic mass is 35.5. The zero-order valence-electron chi connectivity index (χ0n) is 12.2. The highest BCUT2D eigenvalue weighted by Crippen LogP contribution is 2.29. The van der Waals surface area contributed by atoms with Crippen LogP contribution in [0.15, 0.2) is 24.4 Å². The van der Waals surface area contributed by atoms with Gasteiger partial charge in [0.1, 0.15) is 23.3 Å². The van der Waals surface area contributed by atoms with Crippen molar-refractivity contribution in [1.29, 1.82) is 0 Å². The molecule has 2 aromatic rings. The molecule has 21 heavy (non-hydrogen) atoms. The fourth-order valence-electron chi connectivity index (χ4n) is 1.95. The summed E-state index contributed by atoms with van der Waals surface area (Å²) in [5, 5.41) is 4.54. The molecular formula is C15H19Cl2N3O. The van der Waals surface area contributed by atoms with E-state index >= 15 is 0 Å². The lowest BCUT2D eigenvalue weighted by Gasteiger charge is -2.13. The van der Waals surface area contributed by atoms with E-state index in [0.717, 1.165) is 30.9 Å². The molecule has 6 heteroatoms. The minimum atomic E-state index is 0.327. The van der Waals surface area contributed by atoms with Gasteiger partial charge in [-0.25, -0.2) is 4.98 Å². The van der Waals surface area contributed by atoms with Crippen molar-refractivity contribution < 1.29 is 4.74 Å². The van der Waals surface area contributed by atoms with Gasteiger partial charge in [0, 0.05) is 19.2 Å². The average molecular weight is 328 g/mol. The van der Waals surface area contributed by atoms with Gasteiger partial charge in [-0.05, 0) is 19.0 Å².